The third-order valence-corrected chi connectivity index (χ3v) is 7.88. The quantitative estimate of drug-likeness (QED) is 0.467. The minimum absolute atomic E-state index is 0.224. The molecule has 0 bridgehead atoms. The van der Waals surface area contributed by atoms with Gasteiger partial charge in [-0.25, -0.2) is 4.39 Å². The van der Waals surface area contributed by atoms with Crippen LogP contribution in [-0.2, 0) is 0 Å². The fourth-order valence-electron chi connectivity index (χ4n) is 5.78. The molecule has 0 saturated heterocycles. The van der Waals surface area contributed by atoms with Gasteiger partial charge in [0.15, 0.2) is 0 Å². The van der Waals surface area contributed by atoms with Crippen LogP contribution in [0.25, 0.3) is 0 Å². The second-order valence-electron chi connectivity index (χ2n) is 8.96. The van der Waals surface area contributed by atoms with Crippen LogP contribution in [0.1, 0.15) is 90.4 Å². The Bertz CT molecular complexity index is 342. The summed E-state index contributed by atoms with van der Waals surface area (Å²) >= 11 is 6.35. The van der Waals surface area contributed by atoms with E-state index in [0.29, 0.717) is 5.92 Å². The summed E-state index contributed by atoms with van der Waals surface area (Å²) in [6.07, 6.45) is 15.8. The Kier molecular flexibility index (Phi) is 6.70. The van der Waals surface area contributed by atoms with E-state index in [1.165, 1.54) is 64.2 Å². The fourth-order valence-corrected chi connectivity index (χ4v) is 6.12. The van der Waals surface area contributed by atoms with Crippen LogP contribution in [0.5, 0.6) is 0 Å². The summed E-state index contributed by atoms with van der Waals surface area (Å²) in [5.74, 6) is 3.74. The van der Waals surface area contributed by atoms with Gasteiger partial charge in [-0.2, -0.15) is 0 Å². The van der Waals surface area contributed by atoms with E-state index in [9.17, 15) is 4.39 Å². The van der Waals surface area contributed by atoms with Gasteiger partial charge in [0.2, 0.25) is 0 Å². The molecule has 0 heterocycles. The van der Waals surface area contributed by atoms with Crippen molar-refractivity contribution in [2.24, 2.45) is 29.6 Å². The minimum atomic E-state index is -0.756. The van der Waals surface area contributed by atoms with Gasteiger partial charge in [0, 0.05) is 0 Å². The molecular weight excluding hydrogens is 307 g/mol. The number of alkyl halides is 2. The predicted molar refractivity (Wildman–Crippen MR) is 97.7 cm³/mol. The first-order valence-electron chi connectivity index (χ1n) is 10.4. The normalized spacial score (nSPS) is 46.8. The molecular formula is C21H36ClF. The zero-order valence-corrected chi connectivity index (χ0v) is 15.7. The van der Waals surface area contributed by atoms with Crippen LogP contribution in [0.3, 0.4) is 0 Å². The number of hydrogen-bond donors (Lipinski definition) is 0. The van der Waals surface area contributed by atoms with Gasteiger partial charge in [0.1, 0.15) is 6.17 Å². The lowest BCUT2D eigenvalue weighted by atomic mass is 9.66. The summed E-state index contributed by atoms with van der Waals surface area (Å²) in [6.45, 7) is 2.41. The topological polar surface area (TPSA) is 0 Å². The highest BCUT2D eigenvalue weighted by Crippen LogP contribution is 2.45. The summed E-state index contributed by atoms with van der Waals surface area (Å²) in [5.41, 5.74) is 0. The molecule has 0 aromatic rings. The molecule has 0 aromatic heterocycles. The maximum Gasteiger partial charge on any atom is 0.119 e. The first kappa shape index (κ1) is 18.0. The molecule has 3 aliphatic rings. The van der Waals surface area contributed by atoms with Crippen molar-refractivity contribution >= 4 is 11.6 Å². The van der Waals surface area contributed by atoms with Crippen molar-refractivity contribution in [3.8, 4) is 0 Å². The average Bonchev–Trinajstić information content (AvgIpc) is 2.57. The minimum Gasteiger partial charge on any atom is -0.246 e. The lowest BCUT2D eigenvalue weighted by molar-refractivity contribution is 0.0769. The van der Waals surface area contributed by atoms with Crippen LogP contribution in [0.2, 0.25) is 0 Å². The molecule has 134 valence electrons. The van der Waals surface area contributed by atoms with Crippen molar-refractivity contribution < 1.29 is 4.39 Å². The van der Waals surface area contributed by atoms with Gasteiger partial charge in [0.05, 0.1) is 5.38 Å². The summed E-state index contributed by atoms with van der Waals surface area (Å²) in [6, 6.07) is 0. The molecule has 0 radical (unpaired) electrons. The molecule has 3 fully saturated rings. The van der Waals surface area contributed by atoms with Crippen LogP contribution in [0.4, 0.5) is 4.39 Å². The van der Waals surface area contributed by atoms with Gasteiger partial charge in [-0.15, -0.1) is 11.6 Å². The molecule has 0 amide bonds. The third kappa shape index (κ3) is 4.65. The molecule has 0 aromatic carbocycles. The Labute approximate surface area is 147 Å². The molecule has 0 spiro atoms. The van der Waals surface area contributed by atoms with E-state index in [1.54, 1.807) is 0 Å². The Balaban J connectivity index is 1.51. The second-order valence-corrected chi connectivity index (χ2v) is 9.52. The fraction of sp³-hybridized carbons (Fsp3) is 1.00. The van der Waals surface area contributed by atoms with E-state index in [1.807, 2.05) is 0 Å². The number of halogens is 2. The summed E-state index contributed by atoms with van der Waals surface area (Å²) in [5, 5.41) is -0.224. The molecule has 0 aliphatic heterocycles. The average molecular weight is 343 g/mol. The summed E-state index contributed by atoms with van der Waals surface area (Å²) in [4.78, 5) is 0. The van der Waals surface area contributed by atoms with Crippen LogP contribution in [-0.4, -0.2) is 11.5 Å². The maximum absolute atomic E-state index is 14.8. The van der Waals surface area contributed by atoms with E-state index in [-0.39, 0.29) is 11.3 Å². The molecule has 3 saturated carbocycles. The Morgan fingerprint density at radius 3 is 1.83 bits per heavy atom. The molecule has 3 rings (SSSR count). The van der Waals surface area contributed by atoms with Crippen molar-refractivity contribution in [3.63, 3.8) is 0 Å². The highest BCUT2D eigenvalue weighted by atomic mass is 35.5. The molecule has 2 heteroatoms. The van der Waals surface area contributed by atoms with Crippen molar-refractivity contribution in [1.29, 1.82) is 0 Å². The Morgan fingerprint density at radius 1 is 0.652 bits per heavy atom. The SMILES string of the molecule is CC1CCC(C2CCC(C3CCCCCC(Cl)C3F)CC2)CC1. The van der Waals surface area contributed by atoms with Crippen LogP contribution < -0.4 is 0 Å². The first-order valence-corrected chi connectivity index (χ1v) is 10.9. The lowest BCUT2D eigenvalue weighted by Crippen LogP contribution is -2.36. The second kappa shape index (κ2) is 8.54. The van der Waals surface area contributed by atoms with E-state index in [0.717, 1.165) is 37.0 Å². The molecule has 0 N–H and O–H groups in total. The number of rotatable bonds is 2. The van der Waals surface area contributed by atoms with Gasteiger partial charge in [-0.1, -0.05) is 39.0 Å². The summed E-state index contributed by atoms with van der Waals surface area (Å²) < 4.78 is 14.8. The van der Waals surface area contributed by atoms with Gasteiger partial charge >= 0.3 is 0 Å². The van der Waals surface area contributed by atoms with E-state index < -0.39 is 6.17 Å². The van der Waals surface area contributed by atoms with Crippen molar-refractivity contribution in [1.82, 2.24) is 0 Å². The van der Waals surface area contributed by atoms with Crippen molar-refractivity contribution in [3.05, 3.63) is 0 Å². The molecule has 23 heavy (non-hydrogen) atoms. The zero-order valence-electron chi connectivity index (χ0n) is 15.0. The third-order valence-electron chi connectivity index (χ3n) is 7.42. The van der Waals surface area contributed by atoms with Gasteiger partial charge in [0.25, 0.3) is 0 Å². The van der Waals surface area contributed by atoms with Crippen LogP contribution >= 0.6 is 11.6 Å². The van der Waals surface area contributed by atoms with Crippen LogP contribution in [0, 0.1) is 29.6 Å². The van der Waals surface area contributed by atoms with Gasteiger partial charge < -0.3 is 0 Å². The van der Waals surface area contributed by atoms with E-state index >= 15 is 0 Å². The zero-order chi connectivity index (χ0) is 16.2. The van der Waals surface area contributed by atoms with E-state index in [4.69, 9.17) is 11.6 Å². The Hall–Kier alpha value is 0.220. The maximum atomic E-state index is 14.8. The van der Waals surface area contributed by atoms with Crippen molar-refractivity contribution in [2.45, 2.75) is 102 Å². The highest BCUT2D eigenvalue weighted by Gasteiger charge is 2.38. The van der Waals surface area contributed by atoms with Crippen molar-refractivity contribution in [2.75, 3.05) is 0 Å². The monoisotopic (exact) mass is 342 g/mol. The van der Waals surface area contributed by atoms with Crippen LogP contribution in [0.15, 0.2) is 0 Å². The standard InChI is InChI=1S/C21H36ClF/c1-15-7-9-16(10-8-15)17-11-13-18(14-12-17)19-5-3-2-4-6-20(22)21(19)23/h15-21H,2-14H2,1H3. The summed E-state index contributed by atoms with van der Waals surface area (Å²) in [7, 11) is 0. The lowest BCUT2D eigenvalue weighted by Gasteiger charge is -2.41. The Morgan fingerprint density at radius 2 is 1.17 bits per heavy atom. The van der Waals surface area contributed by atoms with Gasteiger partial charge in [-0.05, 0) is 81.0 Å². The molecule has 3 unspecified atom stereocenters. The molecule has 3 atom stereocenters. The first-order chi connectivity index (χ1) is 11.1. The largest absolute Gasteiger partial charge is 0.246 e. The number of hydrogen-bond acceptors (Lipinski definition) is 0. The van der Waals surface area contributed by atoms with E-state index in [2.05, 4.69) is 6.92 Å². The smallest absolute Gasteiger partial charge is 0.119 e. The highest BCUT2D eigenvalue weighted by molar-refractivity contribution is 6.21. The van der Waals surface area contributed by atoms with Gasteiger partial charge in [-0.3, -0.25) is 0 Å². The molecule has 0 nitrogen and oxygen atoms in total. The predicted octanol–water partition coefficient (Wildman–Crippen LogP) is 7.14. The molecule has 3 aliphatic carbocycles.